The van der Waals surface area contributed by atoms with Gasteiger partial charge in [-0.25, -0.2) is 18.0 Å². The molecule has 0 aliphatic carbocycles. The second-order valence-electron chi connectivity index (χ2n) is 6.90. The number of fused-ring (bicyclic) bond motifs is 1. The van der Waals surface area contributed by atoms with Gasteiger partial charge in [-0.3, -0.25) is 0 Å². The van der Waals surface area contributed by atoms with E-state index in [4.69, 9.17) is 26.2 Å². The molecule has 0 saturated heterocycles. The maximum absolute atomic E-state index is 14.6. The minimum atomic E-state index is -1.51. The number of carboxylic acid groups (broad SMARTS) is 1. The maximum atomic E-state index is 14.6. The van der Waals surface area contributed by atoms with Crippen molar-refractivity contribution in [2.75, 3.05) is 0 Å². The fourth-order valence-electron chi connectivity index (χ4n) is 3.36. The van der Waals surface area contributed by atoms with Crippen LogP contribution in [0.25, 0.3) is 10.9 Å². The van der Waals surface area contributed by atoms with Gasteiger partial charge in [0.2, 0.25) is 0 Å². The van der Waals surface area contributed by atoms with E-state index >= 15 is 0 Å². The molecule has 5 nitrogen and oxygen atoms in total. The zero-order valence-electron chi connectivity index (χ0n) is 16.3. The summed E-state index contributed by atoms with van der Waals surface area (Å²) in [5, 5.41) is 9.58. The summed E-state index contributed by atoms with van der Waals surface area (Å²) in [7, 11) is 0. The zero-order chi connectivity index (χ0) is 22.8. The van der Waals surface area contributed by atoms with Crippen LogP contribution in [0.5, 0.6) is 11.5 Å². The standard InChI is InChI=1S/C23H15ClF3NO4/c24-15-2-5-20(31-12-13-1-3-16(25)10-19(13)27)14(9-15)11-28-8-7-17-21(32-23(29)30)6-4-18(26)22(17)28/h1-10H,11-12H2,(H,29,30). The van der Waals surface area contributed by atoms with Gasteiger partial charge < -0.3 is 19.1 Å². The van der Waals surface area contributed by atoms with Crippen LogP contribution in [0.3, 0.4) is 0 Å². The lowest BCUT2D eigenvalue weighted by Gasteiger charge is -2.14. The molecule has 0 atom stereocenters. The first-order valence-electron chi connectivity index (χ1n) is 9.35. The van der Waals surface area contributed by atoms with Crippen molar-refractivity contribution in [3.8, 4) is 11.5 Å². The number of aromatic nitrogens is 1. The Kier molecular flexibility index (Phi) is 5.96. The molecule has 0 aliphatic heterocycles. The van der Waals surface area contributed by atoms with E-state index in [0.29, 0.717) is 16.3 Å². The van der Waals surface area contributed by atoms with Gasteiger partial charge in [0, 0.05) is 33.8 Å². The van der Waals surface area contributed by atoms with E-state index in [1.54, 1.807) is 29.0 Å². The molecule has 1 heterocycles. The summed E-state index contributed by atoms with van der Waals surface area (Å²) in [5.41, 5.74) is 0.876. The lowest BCUT2D eigenvalue weighted by molar-refractivity contribution is 0.145. The molecule has 4 rings (SSSR count). The average Bonchev–Trinajstić information content (AvgIpc) is 3.15. The third kappa shape index (κ3) is 4.50. The SMILES string of the molecule is O=C(O)Oc1ccc(F)c2c1ccn2Cc1cc(Cl)ccc1OCc1ccc(F)cc1F. The lowest BCUT2D eigenvalue weighted by Crippen LogP contribution is -2.06. The Morgan fingerprint density at radius 3 is 2.47 bits per heavy atom. The van der Waals surface area contributed by atoms with Gasteiger partial charge in [0.1, 0.15) is 35.6 Å². The van der Waals surface area contributed by atoms with Crippen LogP contribution in [-0.4, -0.2) is 15.8 Å². The van der Waals surface area contributed by atoms with E-state index in [2.05, 4.69) is 0 Å². The van der Waals surface area contributed by atoms with Crippen molar-refractivity contribution < 1.29 is 32.5 Å². The summed E-state index contributed by atoms with van der Waals surface area (Å²) in [6.45, 7) is -0.0309. The number of hydrogen-bond donors (Lipinski definition) is 1. The van der Waals surface area contributed by atoms with Crippen LogP contribution < -0.4 is 9.47 Å². The minimum absolute atomic E-state index is 0.00185. The average molecular weight is 462 g/mol. The fraction of sp³-hybridized carbons (Fsp3) is 0.0870. The maximum Gasteiger partial charge on any atom is 0.511 e. The van der Waals surface area contributed by atoms with Crippen LogP contribution in [0, 0.1) is 17.5 Å². The Labute approximate surface area is 185 Å². The molecular formula is C23H15ClF3NO4. The summed E-state index contributed by atoms with van der Waals surface area (Å²) >= 11 is 6.12. The third-order valence-corrected chi connectivity index (χ3v) is 5.03. The molecule has 1 N–H and O–H groups in total. The van der Waals surface area contributed by atoms with Crippen LogP contribution >= 0.6 is 11.6 Å². The van der Waals surface area contributed by atoms with Crippen molar-refractivity contribution in [3.63, 3.8) is 0 Å². The molecule has 0 radical (unpaired) electrons. The highest BCUT2D eigenvalue weighted by atomic mass is 35.5. The number of carbonyl (C=O) groups is 1. The molecule has 0 saturated carbocycles. The van der Waals surface area contributed by atoms with E-state index in [1.807, 2.05) is 0 Å². The van der Waals surface area contributed by atoms with Crippen molar-refractivity contribution >= 4 is 28.7 Å². The zero-order valence-corrected chi connectivity index (χ0v) is 17.1. The number of nitrogens with zero attached hydrogens (tertiary/aromatic N) is 1. The number of ether oxygens (including phenoxy) is 2. The Morgan fingerprint density at radius 1 is 0.938 bits per heavy atom. The Hall–Kier alpha value is -3.65. The van der Waals surface area contributed by atoms with Crippen molar-refractivity contribution in [1.82, 2.24) is 4.57 Å². The van der Waals surface area contributed by atoms with Gasteiger partial charge >= 0.3 is 6.16 Å². The van der Waals surface area contributed by atoms with Crippen LogP contribution in [0.1, 0.15) is 11.1 Å². The molecule has 4 aromatic rings. The first-order valence-corrected chi connectivity index (χ1v) is 9.73. The van der Waals surface area contributed by atoms with Gasteiger partial charge in [-0.05, 0) is 48.5 Å². The summed E-state index contributed by atoms with van der Waals surface area (Å²) in [4.78, 5) is 10.9. The van der Waals surface area contributed by atoms with Crippen LogP contribution in [0.2, 0.25) is 5.02 Å². The molecule has 0 amide bonds. The summed E-state index contributed by atoms with van der Waals surface area (Å²) in [6, 6.07) is 11.9. The molecule has 0 spiro atoms. The van der Waals surface area contributed by atoms with Crippen molar-refractivity contribution in [2.24, 2.45) is 0 Å². The highest BCUT2D eigenvalue weighted by molar-refractivity contribution is 6.30. The van der Waals surface area contributed by atoms with Crippen molar-refractivity contribution in [2.45, 2.75) is 13.2 Å². The first kappa shape index (κ1) is 21.6. The normalized spacial score (nSPS) is 11.0. The van der Waals surface area contributed by atoms with Crippen molar-refractivity contribution in [1.29, 1.82) is 0 Å². The largest absolute Gasteiger partial charge is 0.511 e. The molecule has 9 heteroatoms. The molecule has 0 aliphatic rings. The summed E-state index contributed by atoms with van der Waals surface area (Å²) < 4.78 is 53.6. The second-order valence-corrected chi connectivity index (χ2v) is 7.33. The highest BCUT2D eigenvalue weighted by Crippen LogP contribution is 2.32. The van der Waals surface area contributed by atoms with E-state index in [-0.39, 0.29) is 35.4 Å². The quantitative estimate of drug-likeness (QED) is 0.267. The molecule has 0 bridgehead atoms. The predicted octanol–water partition coefficient (Wildman–Crippen LogP) is 6.40. The topological polar surface area (TPSA) is 60.7 Å². The molecule has 32 heavy (non-hydrogen) atoms. The Balaban J connectivity index is 1.65. The molecule has 0 fully saturated rings. The molecule has 0 unspecified atom stereocenters. The summed E-state index contributed by atoms with van der Waals surface area (Å²) in [6.07, 6.45) is 0.0662. The van der Waals surface area contributed by atoms with Gasteiger partial charge in [0.15, 0.2) is 0 Å². The minimum Gasteiger partial charge on any atom is -0.488 e. The van der Waals surface area contributed by atoms with E-state index in [0.717, 1.165) is 18.2 Å². The number of benzene rings is 3. The van der Waals surface area contributed by atoms with Gasteiger partial charge in [0.05, 0.1) is 12.1 Å². The third-order valence-electron chi connectivity index (χ3n) is 4.79. The van der Waals surface area contributed by atoms with Gasteiger partial charge in [0.25, 0.3) is 0 Å². The number of rotatable bonds is 6. The van der Waals surface area contributed by atoms with E-state index in [9.17, 15) is 18.0 Å². The first-order chi connectivity index (χ1) is 15.3. The molecule has 164 valence electrons. The number of hydrogen-bond acceptors (Lipinski definition) is 3. The Morgan fingerprint density at radius 2 is 1.72 bits per heavy atom. The lowest BCUT2D eigenvalue weighted by atomic mass is 10.1. The van der Waals surface area contributed by atoms with Crippen molar-refractivity contribution in [3.05, 3.63) is 94.4 Å². The van der Waals surface area contributed by atoms with Crippen LogP contribution in [0.15, 0.2) is 60.8 Å². The monoisotopic (exact) mass is 461 g/mol. The van der Waals surface area contributed by atoms with E-state index < -0.39 is 23.6 Å². The van der Waals surface area contributed by atoms with Crippen LogP contribution in [0.4, 0.5) is 18.0 Å². The smallest absolute Gasteiger partial charge is 0.488 e. The van der Waals surface area contributed by atoms with Gasteiger partial charge in [-0.15, -0.1) is 0 Å². The van der Waals surface area contributed by atoms with Crippen LogP contribution in [-0.2, 0) is 13.2 Å². The second kappa shape index (κ2) is 8.84. The van der Waals surface area contributed by atoms with Gasteiger partial charge in [-0.1, -0.05) is 11.6 Å². The number of halogens is 4. The molecular weight excluding hydrogens is 447 g/mol. The highest BCUT2D eigenvalue weighted by Gasteiger charge is 2.16. The van der Waals surface area contributed by atoms with Gasteiger partial charge in [-0.2, -0.15) is 0 Å². The summed E-state index contributed by atoms with van der Waals surface area (Å²) in [5.74, 6) is -1.61. The Bertz CT molecular complexity index is 1320. The van der Waals surface area contributed by atoms with E-state index in [1.165, 1.54) is 18.2 Å². The predicted molar refractivity (Wildman–Crippen MR) is 112 cm³/mol. The fourth-order valence-corrected chi connectivity index (χ4v) is 3.55. The molecule has 1 aromatic heterocycles. The molecule has 3 aromatic carbocycles.